The monoisotopic (exact) mass is 1310 g/mol. The number of hydrogen-bond donors (Lipinski definition) is 9. The number of rotatable bonds is 66. The highest BCUT2D eigenvalue weighted by Gasteiger charge is 2.51. The number of ether oxygens (including phenoxy) is 4. The largest absolute Gasteiger partial charge is 0.394 e. The molecular weight excluding hydrogens is 1160 g/mol. The molecule has 92 heavy (non-hydrogen) atoms. The molecule has 14 heteroatoms. The molecule has 0 aromatic carbocycles. The second kappa shape index (κ2) is 62.7. The second-order valence-electron chi connectivity index (χ2n) is 27.8. The van der Waals surface area contributed by atoms with Gasteiger partial charge in [0, 0.05) is 6.42 Å². The normalized spacial score (nSPS) is 22.8. The van der Waals surface area contributed by atoms with Crippen molar-refractivity contribution in [2.75, 3.05) is 19.8 Å². The minimum atomic E-state index is -1.79. The van der Waals surface area contributed by atoms with E-state index in [1.165, 1.54) is 283 Å². The van der Waals surface area contributed by atoms with Crippen molar-refractivity contribution in [3.63, 3.8) is 0 Å². The van der Waals surface area contributed by atoms with Crippen molar-refractivity contribution in [3.8, 4) is 0 Å². The van der Waals surface area contributed by atoms with Crippen molar-refractivity contribution in [1.82, 2.24) is 5.32 Å². The molecule has 14 nitrogen and oxygen atoms in total. The molecule has 0 saturated carbocycles. The van der Waals surface area contributed by atoms with Gasteiger partial charge in [0.2, 0.25) is 5.91 Å². The molecule has 542 valence electrons. The van der Waals surface area contributed by atoms with Gasteiger partial charge in [-0.2, -0.15) is 0 Å². The number of hydrogen-bond acceptors (Lipinski definition) is 13. The zero-order valence-corrected chi connectivity index (χ0v) is 59.3. The quantitative estimate of drug-likeness (QED) is 0.0204. The molecule has 2 rings (SSSR count). The Morgan fingerprint density at radius 3 is 1.07 bits per heavy atom. The molecule has 0 radical (unpaired) electrons. The van der Waals surface area contributed by atoms with Gasteiger partial charge in [-0.1, -0.05) is 346 Å². The number of carbonyl (C=O) groups excluding carboxylic acids is 1. The molecule has 0 bridgehead atoms. The van der Waals surface area contributed by atoms with Crippen molar-refractivity contribution >= 4 is 5.91 Å². The van der Waals surface area contributed by atoms with E-state index in [9.17, 15) is 45.6 Å². The highest BCUT2D eigenvalue weighted by Crippen LogP contribution is 2.30. The van der Waals surface area contributed by atoms with Gasteiger partial charge in [0.15, 0.2) is 12.6 Å². The molecule has 9 N–H and O–H groups in total. The maximum Gasteiger partial charge on any atom is 0.220 e. The van der Waals surface area contributed by atoms with E-state index in [0.717, 1.165) is 44.9 Å². The predicted molar refractivity (Wildman–Crippen MR) is 378 cm³/mol. The van der Waals surface area contributed by atoms with Crippen LogP contribution in [0, 0.1) is 0 Å². The van der Waals surface area contributed by atoms with E-state index in [1.54, 1.807) is 6.08 Å². The second-order valence-corrected chi connectivity index (χ2v) is 27.8. The van der Waals surface area contributed by atoms with E-state index in [2.05, 4.69) is 43.5 Å². The lowest BCUT2D eigenvalue weighted by Gasteiger charge is -2.46. The Kier molecular flexibility index (Phi) is 58.8. The Hall–Kier alpha value is -1.79. The zero-order valence-electron chi connectivity index (χ0n) is 59.3. The van der Waals surface area contributed by atoms with Crippen LogP contribution in [0.3, 0.4) is 0 Å². The zero-order chi connectivity index (χ0) is 66.6. The fourth-order valence-electron chi connectivity index (χ4n) is 13.1. The lowest BCUT2D eigenvalue weighted by Crippen LogP contribution is -2.65. The summed E-state index contributed by atoms with van der Waals surface area (Å²) in [4.78, 5) is 13.4. The lowest BCUT2D eigenvalue weighted by molar-refractivity contribution is -0.359. The number of unbranched alkanes of at least 4 members (excludes halogenated alkanes) is 49. The van der Waals surface area contributed by atoms with Gasteiger partial charge in [-0.15, -0.1) is 0 Å². The van der Waals surface area contributed by atoms with Crippen LogP contribution in [0.2, 0.25) is 0 Å². The average Bonchev–Trinajstić information content (AvgIpc) is 0.864. The van der Waals surface area contributed by atoms with Gasteiger partial charge in [-0.3, -0.25) is 4.79 Å². The molecule has 12 atom stereocenters. The van der Waals surface area contributed by atoms with Crippen LogP contribution >= 0.6 is 0 Å². The molecular formula is C78H147NO13. The van der Waals surface area contributed by atoms with Gasteiger partial charge in [-0.05, 0) is 44.9 Å². The molecule has 0 aromatic heterocycles. The topological polar surface area (TPSA) is 228 Å². The van der Waals surface area contributed by atoms with Crippen molar-refractivity contribution in [3.05, 3.63) is 36.5 Å². The maximum absolute atomic E-state index is 13.4. The van der Waals surface area contributed by atoms with Crippen molar-refractivity contribution in [2.24, 2.45) is 0 Å². The third-order valence-electron chi connectivity index (χ3n) is 19.3. The molecule has 1 amide bonds. The van der Waals surface area contributed by atoms with E-state index < -0.39 is 86.8 Å². The van der Waals surface area contributed by atoms with E-state index in [0.29, 0.717) is 12.8 Å². The molecule has 12 unspecified atom stereocenters. The summed E-state index contributed by atoms with van der Waals surface area (Å²) in [7, 11) is 0. The number of aliphatic hydroxyl groups is 8. The van der Waals surface area contributed by atoms with Gasteiger partial charge in [0.25, 0.3) is 0 Å². The Morgan fingerprint density at radius 2 is 0.696 bits per heavy atom. The minimum absolute atomic E-state index is 0.245. The SMILES string of the molecule is CCCCCCCCCCCCCCCCCCCC/C=C/CC/C=C/CC/C=C/C(O)C(COC1OC(CO)C(OC2OC(CO)C(O)C(O)C2O)C(O)C1O)NC(=O)CCCCCCCCCCCCCCCCCCCCCCCCCCCCCCCC. The average molecular weight is 1310 g/mol. The fraction of sp³-hybridized carbons (Fsp3) is 0.910. The molecule has 2 saturated heterocycles. The molecule has 2 heterocycles. The number of aliphatic hydroxyl groups excluding tert-OH is 8. The van der Waals surface area contributed by atoms with Crippen LogP contribution in [-0.2, 0) is 23.7 Å². The van der Waals surface area contributed by atoms with Crippen LogP contribution in [0.1, 0.15) is 361 Å². The summed E-state index contributed by atoms with van der Waals surface area (Å²) < 4.78 is 22.9. The van der Waals surface area contributed by atoms with E-state index in [-0.39, 0.29) is 18.9 Å². The number of carbonyl (C=O) groups is 1. The van der Waals surface area contributed by atoms with Crippen molar-refractivity contribution in [1.29, 1.82) is 0 Å². The fourth-order valence-corrected chi connectivity index (χ4v) is 13.1. The summed E-state index contributed by atoms with van der Waals surface area (Å²) >= 11 is 0. The standard InChI is InChI=1S/C78H147NO13/c1-3-5-7-9-11-13-15-17-19-21-23-25-27-29-31-33-34-36-38-40-42-44-46-48-50-52-54-56-58-60-62-70(83)79-66(65-89-77-75(88)73(86)76(69(64-81)91-77)92-78-74(87)72(85)71(84)68(63-80)90-78)67(82)61-59-57-55-53-51-49-47-45-43-41-39-37-35-32-30-28-26-24-22-20-18-16-14-12-10-8-6-4-2/h43,45,51,53,59,61,66-69,71-78,80-82,84-88H,3-42,44,46-50,52,54-58,60,62-65H2,1-2H3,(H,79,83)/b45-43+,53-51+,61-59+. The molecule has 0 aliphatic carbocycles. The summed E-state index contributed by atoms with van der Waals surface area (Å²) in [6, 6.07) is -0.938. The molecule has 0 spiro atoms. The van der Waals surface area contributed by atoms with E-state index in [1.807, 2.05) is 6.08 Å². The summed E-state index contributed by atoms with van der Waals surface area (Å²) in [5.41, 5.74) is 0. The highest BCUT2D eigenvalue weighted by atomic mass is 16.7. The van der Waals surface area contributed by atoms with Crippen LogP contribution in [0.4, 0.5) is 0 Å². The van der Waals surface area contributed by atoms with Crippen LogP contribution < -0.4 is 5.32 Å². The third kappa shape index (κ3) is 45.7. The summed E-state index contributed by atoms with van der Waals surface area (Å²) in [5.74, 6) is -0.245. The summed E-state index contributed by atoms with van der Waals surface area (Å²) in [6.45, 7) is 2.84. The van der Waals surface area contributed by atoms with Gasteiger partial charge in [0.05, 0.1) is 32.0 Å². The highest BCUT2D eigenvalue weighted by molar-refractivity contribution is 5.76. The van der Waals surface area contributed by atoms with Crippen LogP contribution in [0.25, 0.3) is 0 Å². The first-order valence-corrected chi connectivity index (χ1v) is 39.2. The van der Waals surface area contributed by atoms with Crippen LogP contribution in [0.15, 0.2) is 36.5 Å². The Bertz CT molecular complexity index is 1680. The third-order valence-corrected chi connectivity index (χ3v) is 19.3. The van der Waals surface area contributed by atoms with Gasteiger partial charge < -0.3 is 65.1 Å². The van der Waals surface area contributed by atoms with E-state index in [4.69, 9.17) is 18.9 Å². The smallest absolute Gasteiger partial charge is 0.220 e. The molecule has 2 fully saturated rings. The van der Waals surface area contributed by atoms with Gasteiger partial charge in [-0.25, -0.2) is 0 Å². The predicted octanol–water partition coefficient (Wildman–Crippen LogP) is 17.2. The van der Waals surface area contributed by atoms with Crippen LogP contribution in [-0.4, -0.2) is 140 Å². The van der Waals surface area contributed by atoms with E-state index >= 15 is 0 Å². The van der Waals surface area contributed by atoms with Crippen molar-refractivity contribution < 1.29 is 64.6 Å². The van der Waals surface area contributed by atoms with Crippen LogP contribution in [0.5, 0.6) is 0 Å². The van der Waals surface area contributed by atoms with Gasteiger partial charge >= 0.3 is 0 Å². The first-order valence-electron chi connectivity index (χ1n) is 39.2. The maximum atomic E-state index is 13.4. The Morgan fingerprint density at radius 1 is 0.380 bits per heavy atom. The first kappa shape index (κ1) is 86.3. The Labute approximate surface area is 563 Å². The molecule has 0 aromatic rings. The number of nitrogens with one attached hydrogen (secondary N) is 1. The summed E-state index contributed by atoms with van der Waals surface area (Å²) in [5, 5.41) is 87.6. The minimum Gasteiger partial charge on any atom is -0.394 e. The number of amides is 1. The van der Waals surface area contributed by atoms with Gasteiger partial charge in [0.1, 0.15) is 48.8 Å². The van der Waals surface area contributed by atoms with Crippen molar-refractivity contribution in [2.45, 2.75) is 434 Å². The molecule has 2 aliphatic rings. The summed E-state index contributed by atoms with van der Waals surface area (Å²) in [6.07, 6.45) is 65.2. The Balaban J connectivity index is 1.65. The number of allylic oxidation sites excluding steroid dienone is 5. The molecule has 2 aliphatic heterocycles. The first-order chi connectivity index (χ1) is 45.1. The lowest BCUT2D eigenvalue weighted by atomic mass is 9.97.